The molecule has 3 nitrogen and oxygen atoms in total. The molecule has 3 rings (SSSR count). The van der Waals surface area contributed by atoms with Gasteiger partial charge in [-0.2, -0.15) is 0 Å². The van der Waals surface area contributed by atoms with Crippen LogP contribution in [0.1, 0.15) is 6.92 Å². The van der Waals surface area contributed by atoms with Crippen LogP contribution in [-0.2, 0) is 6.54 Å². The zero-order valence-electron chi connectivity index (χ0n) is 11.7. The van der Waals surface area contributed by atoms with Crippen LogP contribution in [0.5, 0.6) is 0 Å². The normalized spacial score (nSPS) is 11.1. The van der Waals surface area contributed by atoms with E-state index in [0.29, 0.717) is 38.4 Å². The lowest BCUT2D eigenvalue weighted by Crippen LogP contribution is -2.21. The van der Waals surface area contributed by atoms with Crippen LogP contribution in [0.15, 0.2) is 36.5 Å². The largest absolute Gasteiger partial charge is 0.326 e. The minimum atomic E-state index is 0.340. The van der Waals surface area contributed by atoms with E-state index >= 15 is 0 Å². The molecule has 1 N–H and O–H groups in total. The molecule has 2 heterocycles. The Kier molecular flexibility index (Phi) is 4.13. The fourth-order valence-corrected chi connectivity index (χ4v) is 3.29. The second kappa shape index (κ2) is 5.92. The average Bonchev–Trinajstić information content (AvgIpc) is 2.48. The quantitative estimate of drug-likeness (QED) is 0.636. The van der Waals surface area contributed by atoms with Gasteiger partial charge in [0, 0.05) is 29.3 Å². The van der Waals surface area contributed by atoms with E-state index in [-0.39, 0.29) is 0 Å². The Balaban J connectivity index is 2.44. The Hall–Kier alpha value is -1.55. The van der Waals surface area contributed by atoms with Gasteiger partial charge in [-0.05, 0) is 31.2 Å². The van der Waals surface area contributed by atoms with E-state index in [1.807, 2.05) is 17.6 Å². The number of nitrogens with zero attached hydrogens (tertiary/aromatic N) is 2. The van der Waals surface area contributed by atoms with E-state index in [1.165, 1.54) is 0 Å². The van der Waals surface area contributed by atoms with Gasteiger partial charge in [0.25, 0.3) is 0 Å². The van der Waals surface area contributed by atoms with Crippen molar-refractivity contribution in [1.29, 1.82) is 5.41 Å². The van der Waals surface area contributed by atoms with Crippen LogP contribution < -0.4 is 5.49 Å². The van der Waals surface area contributed by atoms with Gasteiger partial charge in [-0.1, -0.05) is 40.9 Å². The predicted molar refractivity (Wildman–Crippen MR) is 91.7 cm³/mol. The summed E-state index contributed by atoms with van der Waals surface area (Å²) in [5, 5.41) is 10.8. The zero-order chi connectivity index (χ0) is 15.9. The number of pyridine rings is 2. The molecule has 0 atom stereocenters. The van der Waals surface area contributed by atoms with Crippen molar-refractivity contribution in [2.75, 3.05) is 0 Å². The Bertz CT molecular complexity index is 912. The smallest absolute Gasteiger partial charge is 0.133 e. The summed E-state index contributed by atoms with van der Waals surface area (Å²) in [6.45, 7) is 2.61. The molecule has 0 saturated carbocycles. The second-order valence-electron chi connectivity index (χ2n) is 4.81. The molecule has 1 aromatic carbocycles. The maximum atomic E-state index is 8.51. The molecule has 0 aliphatic heterocycles. The van der Waals surface area contributed by atoms with E-state index in [9.17, 15) is 0 Å². The number of hydrogen-bond acceptors (Lipinski definition) is 2. The third kappa shape index (κ3) is 2.50. The summed E-state index contributed by atoms with van der Waals surface area (Å²) in [5.41, 5.74) is 2.54. The average molecular weight is 353 g/mol. The molecule has 0 aliphatic rings. The van der Waals surface area contributed by atoms with Crippen molar-refractivity contribution in [3.05, 3.63) is 57.2 Å². The van der Waals surface area contributed by atoms with Crippen LogP contribution in [0.3, 0.4) is 0 Å². The topological polar surface area (TPSA) is 41.7 Å². The molecule has 0 fully saturated rings. The molecule has 0 bridgehead atoms. The van der Waals surface area contributed by atoms with Crippen molar-refractivity contribution >= 4 is 45.7 Å². The summed E-state index contributed by atoms with van der Waals surface area (Å²) in [5.74, 6) is 0. The molecule has 112 valence electrons. The highest BCUT2D eigenvalue weighted by atomic mass is 35.5. The number of fused-ring (bicyclic) bond motifs is 1. The molecule has 6 heteroatoms. The van der Waals surface area contributed by atoms with Gasteiger partial charge in [-0.3, -0.25) is 5.41 Å². The lowest BCUT2D eigenvalue weighted by molar-refractivity contribution is 0.735. The maximum Gasteiger partial charge on any atom is 0.133 e. The predicted octanol–water partition coefficient (Wildman–Crippen LogP) is 5.16. The number of benzene rings is 1. The summed E-state index contributed by atoms with van der Waals surface area (Å²) in [6.07, 6.45) is 1.69. The monoisotopic (exact) mass is 351 g/mol. The molecule has 0 amide bonds. The van der Waals surface area contributed by atoms with Crippen LogP contribution in [0.4, 0.5) is 0 Å². The van der Waals surface area contributed by atoms with Gasteiger partial charge in [0.2, 0.25) is 0 Å². The Morgan fingerprint density at radius 1 is 1.14 bits per heavy atom. The Morgan fingerprint density at radius 2 is 1.82 bits per heavy atom. The third-order valence-corrected chi connectivity index (χ3v) is 4.38. The lowest BCUT2D eigenvalue weighted by Gasteiger charge is -2.15. The number of hydrogen-bond donors (Lipinski definition) is 1. The number of rotatable bonds is 2. The minimum absolute atomic E-state index is 0.340. The highest BCUT2D eigenvalue weighted by Gasteiger charge is 2.14. The van der Waals surface area contributed by atoms with E-state index in [2.05, 4.69) is 4.98 Å². The SMILES string of the molecule is CCn1c(=N)c(-c2c(Cl)cccc2Cl)cc2cnc(Cl)cc21. The zero-order valence-corrected chi connectivity index (χ0v) is 14.0. The molecular weight excluding hydrogens is 341 g/mol. The van der Waals surface area contributed by atoms with Crippen molar-refractivity contribution in [2.45, 2.75) is 13.5 Å². The van der Waals surface area contributed by atoms with Gasteiger partial charge in [0.15, 0.2) is 0 Å². The van der Waals surface area contributed by atoms with Crippen molar-refractivity contribution < 1.29 is 0 Å². The standard InChI is InChI=1S/C16H12Cl3N3/c1-2-22-13-7-14(19)21-8-9(13)6-10(16(22)20)15-11(17)4-3-5-12(15)18/h3-8,20H,2H2,1H3. The molecule has 0 unspecified atom stereocenters. The van der Waals surface area contributed by atoms with Gasteiger partial charge < -0.3 is 4.57 Å². The van der Waals surface area contributed by atoms with Gasteiger partial charge >= 0.3 is 0 Å². The Labute approximate surface area is 142 Å². The first-order chi connectivity index (χ1) is 10.5. The van der Waals surface area contributed by atoms with Crippen LogP contribution in [0.25, 0.3) is 22.0 Å². The number of halogens is 3. The molecule has 0 aliphatic carbocycles. The first-order valence-electron chi connectivity index (χ1n) is 6.71. The van der Waals surface area contributed by atoms with Gasteiger partial charge in [-0.25, -0.2) is 4.98 Å². The van der Waals surface area contributed by atoms with Crippen molar-refractivity contribution in [1.82, 2.24) is 9.55 Å². The van der Waals surface area contributed by atoms with Crippen LogP contribution in [0.2, 0.25) is 15.2 Å². The molecule has 0 radical (unpaired) electrons. The maximum absolute atomic E-state index is 8.51. The molecule has 0 saturated heterocycles. The third-order valence-electron chi connectivity index (χ3n) is 3.54. The highest BCUT2D eigenvalue weighted by Crippen LogP contribution is 2.34. The number of aryl methyl sites for hydroxylation is 1. The molecule has 3 aromatic rings. The van der Waals surface area contributed by atoms with Crippen molar-refractivity contribution in [2.24, 2.45) is 0 Å². The van der Waals surface area contributed by atoms with Gasteiger partial charge in [0.1, 0.15) is 10.6 Å². The minimum Gasteiger partial charge on any atom is -0.326 e. The van der Waals surface area contributed by atoms with Crippen molar-refractivity contribution in [3.63, 3.8) is 0 Å². The Morgan fingerprint density at radius 3 is 2.45 bits per heavy atom. The van der Waals surface area contributed by atoms with Crippen molar-refractivity contribution in [3.8, 4) is 11.1 Å². The fourth-order valence-electron chi connectivity index (χ4n) is 2.54. The van der Waals surface area contributed by atoms with E-state index in [1.54, 1.807) is 30.5 Å². The van der Waals surface area contributed by atoms with Crippen LogP contribution in [-0.4, -0.2) is 9.55 Å². The first kappa shape index (κ1) is 15.3. The highest BCUT2D eigenvalue weighted by molar-refractivity contribution is 6.39. The van der Waals surface area contributed by atoms with Gasteiger partial charge in [0.05, 0.1) is 15.6 Å². The van der Waals surface area contributed by atoms with Gasteiger partial charge in [-0.15, -0.1) is 0 Å². The summed E-state index contributed by atoms with van der Waals surface area (Å²) < 4.78 is 1.86. The lowest BCUT2D eigenvalue weighted by atomic mass is 10.0. The second-order valence-corrected chi connectivity index (χ2v) is 6.02. The number of nitrogens with one attached hydrogen (secondary N) is 1. The van der Waals surface area contributed by atoms with E-state index in [0.717, 1.165) is 10.9 Å². The fraction of sp³-hybridized carbons (Fsp3) is 0.125. The summed E-state index contributed by atoms with van der Waals surface area (Å²) in [4.78, 5) is 4.12. The van der Waals surface area contributed by atoms with E-state index in [4.69, 9.17) is 40.2 Å². The number of aromatic nitrogens is 2. The molecule has 0 spiro atoms. The summed E-state index contributed by atoms with van der Waals surface area (Å²) >= 11 is 18.6. The first-order valence-corrected chi connectivity index (χ1v) is 7.84. The molecular formula is C16H12Cl3N3. The molecule has 2 aromatic heterocycles. The van der Waals surface area contributed by atoms with E-state index < -0.39 is 0 Å². The summed E-state index contributed by atoms with van der Waals surface area (Å²) in [7, 11) is 0. The summed E-state index contributed by atoms with van der Waals surface area (Å²) in [6, 6.07) is 8.95. The van der Waals surface area contributed by atoms with Crippen LogP contribution >= 0.6 is 34.8 Å². The molecule has 22 heavy (non-hydrogen) atoms. The van der Waals surface area contributed by atoms with Crippen LogP contribution in [0, 0.1) is 5.41 Å².